The van der Waals surface area contributed by atoms with Crippen molar-refractivity contribution in [1.29, 1.82) is 0 Å². The van der Waals surface area contributed by atoms with E-state index in [2.05, 4.69) is 28.6 Å². The highest BCUT2D eigenvalue weighted by molar-refractivity contribution is 5.88. The molecule has 2 aromatic rings. The molecule has 0 unspecified atom stereocenters. The molecule has 0 radical (unpaired) electrons. The number of hydrogen-bond donors (Lipinski definition) is 2. The van der Waals surface area contributed by atoms with Crippen molar-refractivity contribution in [3.8, 4) is 17.2 Å². The van der Waals surface area contributed by atoms with Gasteiger partial charge in [0.2, 0.25) is 18.4 Å². The largest absolute Gasteiger partial charge is 0.492 e. The fourth-order valence-corrected chi connectivity index (χ4v) is 3.63. The third-order valence-electron chi connectivity index (χ3n) is 4.90. The zero-order chi connectivity index (χ0) is 19.0. The molecule has 0 saturated heterocycles. The molecule has 2 heterocycles. The SMILES string of the molecule is COc1c2c(cc3c1[C@H](Nc1ccc(NC(C)=O)cc1)N(C)CC3)OCO2. The Morgan fingerprint density at radius 2 is 1.96 bits per heavy atom. The second-order valence-corrected chi connectivity index (χ2v) is 6.75. The summed E-state index contributed by atoms with van der Waals surface area (Å²) in [4.78, 5) is 13.4. The number of carbonyl (C=O) groups excluding carboxylic acids is 1. The molecule has 0 saturated carbocycles. The van der Waals surface area contributed by atoms with Gasteiger partial charge in [0.1, 0.15) is 6.17 Å². The Morgan fingerprint density at radius 3 is 2.67 bits per heavy atom. The van der Waals surface area contributed by atoms with Crippen LogP contribution in [0.15, 0.2) is 30.3 Å². The molecule has 7 nitrogen and oxygen atoms in total. The summed E-state index contributed by atoms with van der Waals surface area (Å²) in [6, 6.07) is 9.72. The zero-order valence-corrected chi connectivity index (χ0v) is 15.7. The van der Waals surface area contributed by atoms with E-state index in [1.54, 1.807) is 7.11 Å². The minimum atomic E-state index is -0.0857. The summed E-state index contributed by atoms with van der Waals surface area (Å²) in [5.41, 5.74) is 3.99. The number of carbonyl (C=O) groups is 1. The van der Waals surface area contributed by atoms with Gasteiger partial charge in [0.25, 0.3) is 0 Å². The number of nitrogens with one attached hydrogen (secondary N) is 2. The first-order valence-corrected chi connectivity index (χ1v) is 8.90. The van der Waals surface area contributed by atoms with Crippen molar-refractivity contribution in [2.75, 3.05) is 38.1 Å². The van der Waals surface area contributed by atoms with Gasteiger partial charge in [-0.25, -0.2) is 0 Å². The molecule has 2 aliphatic heterocycles. The first kappa shape index (κ1) is 17.5. The quantitative estimate of drug-likeness (QED) is 0.863. The Bertz CT molecular complexity index is 867. The number of fused-ring (bicyclic) bond motifs is 2. The Hall–Kier alpha value is -2.93. The lowest BCUT2D eigenvalue weighted by Gasteiger charge is -2.36. The van der Waals surface area contributed by atoms with Gasteiger partial charge in [-0.1, -0.05) is 0 Å². The Kier molecular flexibility index (Phi) is 4.53. The smallest absolute Gasteiger partial charge is 0.231 e. The topological polar surface area (TPSA) is 72.1 Å². The van der Waals surface area contributed by atoms with Gasteiger partial charge in [-0.15, -0.1) is 0 Å². The molecule has 0 spiro atoms. The Labute approximate surface area is 158 Å². The highest BCUT2D eigenvalue weighted by Gasteiger charge is 2.33. The van der Waals surface area contributed by atoms with Crippen LogP contribution < -0.4 is 24.8 Å². The maximum Gasteiger partial charge on any atom is 0.231 e. The maximum absolute atomic E-state index is 11.2. The van der Waals surface area contributed by atoms with Gasteiger partial charge in [-0.3, -0.25) is 9.69 Å². The third kappa shape index (κ3) is 3.26. The third-order valence-corrected chi connectivity index (χ3v) is 4.90. The van der Waals surface area contributed by atoms with Crippen LogP contribution in [0.1, 0.15) is 24.2 Å². The fraction of sp³-hybridized carbons (Fsp3) is 0.350. The van der Waals surface area contributed by atoms with E-state index in [4.69, 9.17) is 14.2 Å². The zero-order valence-electron chi connectivity index (χ0n) is 15.7. The summed E-state index contributed by atoms with van der Waals surface area (Å²) in [6.07, 6.45) is 0.850. The molecule has 0 bridgehead atoms. The summed E-state index contributed by atoms with van der Waals surface area (Å²) in [5.74, 6) is 2.05. The number of rotatable bonds is 4. The van der Waals surface area contributed by atoms with Crippen LogP contribution in [0.5, 0.6) is 17.2 Å². The second kappa shape index (κ2) is 7.00. The number of amides is 1. The van der Waals surface area contributed by atoms with Crippen LogP contribution in [0.3, 0.4) is 0 Å². The maximum atomic E-state index is 11.2. The monoisotopic (exact) mass is 369 g/mol. The average Bonchev–Trinajstić information content (AvgIpc) is 3.11. The van der Waals surface area contributed by atoms with Crippen LogP contribution in [0.2, 0.25) is 0 Å². The molecule has 2 N–H and O–H groups in total. The van der Waals surface area contributed by atoms with E-state index < -0.39 is 0 Å². The molecule has 7 heteroatoms. The normalized spacial score (nSPS) is 18.0. The van der Waals surface area contributed by atoms with E-state index >= 15 is 0 Å². The number of likely N-dealkylation sites (N-methyl/N-ethyl adjacent to an activating group) is 1. The predicted octanol–water partition coefficient (Wildman–Crippen LogP) is 2.98. The van der Waals surface area contributed by atoms with Gasteiger partial charge in [-0.05, 0) is 49.4 Å². The summed E-state index contributed by atoms with van der Waals surface area (Å²) in [7, 11) is 3.74. The van der Waals surface area contributed by atoms with Crippen LogP contribution >= 0.6 is 0 Å². The molecule has 142 valence electrons. The van der Waals surface area contributed by atoms with Crippen molar-refractivity contribution >= 4 is 17.3 Å². The standard InChI is InChI=1S/C20H23N3O4/c1-12(24)21-14-4-6-15(7-5-14)22-20-17-13(8-9-23(20)2)10-16-18(19(17)25-3)27-11-26-16/h4-7,10,20,22H,8-9,11H2,1-3H3,(H,21,24)/t20-/m1/s1. The first-order valence-electron chi connectivity index (χ1n) is 8.90. The van der Waals surface area contributed by atoms with E-state index in [0.29, 0.717) is 5.75 Å². The van der Waals surface area contributed by atoms with Gasteiger partial charge >= 0.3 is 0 Å². The molecular formula is C20H23N3O4. The van der Waals surface area contributed by atoms with Gasteiger partial charge in [-0.2, -0.15) is 0 Å². The van der Waals surface area contributed by atoms with Crippen molar-refractivity contribution in [3.05, 3.63) is 41.5 Å². The van der Waals surface area contributed by atoms with E-state index in [1.165, 1.54) is 12.5 Å². The number of hydrogen-bond acceptors (Lipinski definition) is 6. The molecule has 1 atom stereocenters. The number of methoxy groups -OCH3 is 1. The minimum absolute atomic E-state index is 0.0650. The second-order valence-electron chi connectivity index (χ2n) is 6.75. The average molecular weight is 369 g/mol. The van der Waals surface area contributed by atoms with Crippen molar-refractivity contribution in [1.82, 2.24) is 4.90 Å². The van der Waals surface area contributed by atoms with Gasteiger partial charge in [0, 0.05) is 30.4 Å². The fourth-order valence-electron chi connectivity index (χ4n) is 3.63. The van der Waals surface area contributed by atoms with Gasteiger partial charge in [0.05, 0.1) is 7.11 Å². The summed E-state index contributed by atoms with van der Waals surface area (Å²) >= 11 is 0. The number of ether oxygens (including phenoxy) is 3. The molecule has 2 aliphatic rings. The van der Waals surface area contributed by atoms with Crippen molar-refractivity contribution in [2.24, 2.45) is 0 Å². The number of nitrogens with zero attached hydrogens (tertiary/aromatic N) is 1. The molecule has 1 amide bonds. The first-order chi connectivity index (χ1) is 13.1. The van der Waals surface area contributed by atoms with Crippen LogP contribution in [-0.4, -0.2) is 38.3 Å². The molecule has 0 aromatic heterocycles. The number of benzene rings is 2. The molecule has 27 heavy (non-hydrogen) atoms. The van der Waals surface area contributed by atoms with Crippen LogP contribution in [-0.2, 0) is 11.2 Å². The van der Waals surface area contributed by atoms with E-state index in [-0.39, 0.29) is 18.9 Å². The lowest BCUT2D eigenvalue weighted by atomic mass is 9.94. The van der Waals surface area contributed by atoms with Gasteiger partial charge in [0.15, 0.2) is 11.5 Å². The van der Waals surface area contributed by atoms with Crippen molar-refractivity contribution in [2.45, 2.75) is 19.5 Å². The molecular weight excluding hydrogens is 346 g/mol. The Balaban J connectivity index is 1.67. The van der Waals surface area contributed by atoms with E-state index in [9.17, 15) is 4.79 Å². The summed E-state index contributed by atoms with van der Waals surface area (Å²) in [6.45, 7) is 2.63. The van der Waals surface area contributed by atoms with Crippen LogP contribution in [0.25, 0.3) is 0 Å². The molecule has 0 fully saturated rings. The molecule has 2 aromatic carbocycles. The van der Waals surface area contributed by atoms with E-state index in [1.807, 2.05) is 24.3 Å². The van der Waals surface area contributed by atoms with Crippen LogP contribution in [0.4, 0.5) is 11.4 Å². The summed E-state index contributed by atoms with van der Waals surface area (Å²) < 4.78 is 16.9. The van der Waals surface area contributed by atoms with E-state index in [0.717, 1.165) is 41.4 Å². The van der Waals surface area contributed by atoms with Gasteiger partial charge < -0.3 is 24.8 Å². The number of anilines is 2. The Morgan fingerprint density at radius 1 is 1.22 bits per heavy atom. The molecule has 0 aliphatic carbocycles. The summed E-state index contributed by atoms with van der Waals surface area (Å²) in [5, 5.41) is 6.35. The minimum Gasteiger partial charge on any atom is -0.492 e. The lowest BCUT2D eigenvalue weighted by molar-refractivity contribution is -0.114. The van der Waals surface area contributed by atoms with Crippen molar-refractivity contribution in [3.63, 3.8) is 0 Å². The van der Waals surface area contributed by atoms with Crippen molar-refractivity contribution < 1.29 is 19.0 Å². The molecule has 4 rings (SSSR count). The highest BCUT2D eigenvalue weighted by Crippen LogP contribution is 2.49. The lowest BCUT2D eigenvalue weighted by Crippen LogP contribution is -2.37. The predicted molar refractivity (Wildman–Crippen MR) is 103 cm³/mol. The van der Waals surface area contributed by atoms with Crippen LogP contribution in [0, 0.1) is 0 Å². The highest BCUT2D eigenvalue weighted by atomic mass is 16.7.